The van der Waals surface area contributed by atoms with E-state index in [0.717, 1.165) is 6.54 Å². The minimum Gasteiger partial charge on any atom is -0.482 e. The van der Waals surface area contributed by atoms with Crippen molar-refractivity contribution in [3.05, 3.63) is 47.5 Å². The molecule has 0 aliphatic carbocycles. The molecule has 2 amide bonds. The molecular formula is C21H24ClN3O4. The lowest BCUT2D eigenvalue weighted by molar-refractivity contribution is -0.125. The Morgan fingerprint density at radius 2 is 2.03 bits per heavy atom. The van der Waals surface area contributed by atoms with Crippen molar-refractivity contribution in [3.63, 3.8) is 0 Å². The van der Waals surface area contributed by atoms with Crippen molar-refractivity contribution < 1.29 is 19.1 Å². The highest BCUT2D eigenvalue weighted by Gasteiger charge is 2.31. The fraction of sp³-hybridized carbons (Fsp3) is 0.333. The van der Waals surface area contributed by atoms with Crippen LogP contribution in [-0.2, 0) is 9.59 Å². The van der Waals surface area contributed by atoms with Crippen molar-refractivity contribution in [2.45, 2.75) is 13.0 Å². The Labute approximate surface area is 175 Å². The van der Waals surface area contributed by atoms with Crippen LogP contribution in [0, 0.1) is 0 Å². The number of para-hydroxylation sites is 1. The highest BCUT2D eigenvalue weighted by Crippen LogP contribution is 2.36. The van der Waals surface area contributed by atoms with Gasteiger partial charge < -0.3 is 24.6 Å². The summed E-state index contributed by atoms with van der Waals surface area (Å²) in [7, 11) is 3.91. The lowest BCUT2D eigenvalue weighted by Gasteiger charge is -2.34. The number of rotatable bonds is 7. The van der Waals surface area contributed by atoms with E-state index < -0.39 is 6.10 Å². The van der Waals surface area contributed by atoms with Crippen molar-refractivity contribution in [2.24, 2.45) is 0 Å². The summed E-state index contributed by atoms with van der Waals surface area (Å²) in [6.45, 7) is 2.84. The molecule has 0 saturated carbocycles. The molecule has 8 heteroatoms. The summed E-state index contributed by atoms with van der Waals surface area (Å²) < 4.78 is 11.2. The summed E-state index contributed by atoms with van der Waals surface area (Å²) in [5.74, 6) is 0.598. The van der Waals surface area contributed by atoms with Crippen molar-refractivity contribution in [1.29, 1.82) is 0 Å². The lowest BCUT2D eigenvalue weighted by Crippen LogP contribution is -2.46. The summed E-state index contributed by atoms with van der Waals surface area (Å²) in [5, 5.41) is 3.22. The topological polar surface area (TPSA) is 71.1 Å². The SMILES string of the molecule is CC1Oc2cc(NC(=O)COc3ccccc3Cl)ccc2N(CCN(C)C)C1=O. The standard InChI is InChI=1S/C21H24ClN3O4/c1-14-21(27)25(11-10-24(2)3)17-9-8-15(12-19(17)29-14)23-20(26)13-28-18-7-5-4-6-16(18)22/h4-9,12,14H,10-11,13H2,1-3H3,(H,23,26). The normalized spacial score (nSPS) is 15.7. The Balaban J connectivity index is 1.67. The average Bonchev–Trinajstić information content (AvgIpc) is 2.67. The number of hydrogen-bond acceptors (Lipinski definition) is 5. The van der Waals surface area contributed by atoms with Gasteiger partial charge in [-0.1, -0.05) is 23.7 Å². The zero-order chi connectivity index (χ0) is 21.0. The Hall–Kier alpha value is -2.77. The quantitative estimate of drug-likeness (QED) is 0.749. The molecule has 1 atom stereocenters. The van der Waals surface area contributed by atoms with E-state index in [9.17, 15) is 9.59 Å². The van der Waals surface area contributed by atoms with Crippen molar-refractivity contribution in [3.8, 4) is 11.5 Å². The molecule has 0 aromatic heterocycles. The lowest BCUT2D eigenvalue weighted by atomic mass is 10.1. The van der Waals surface area contributed by atoms with Gasteiger partial charge in [0.1, 0.15) is 11.5 Å². The first kappa shape index (κ1) is 21.0. The number of hydrogen-bond donors (Lipinski definition) is 1. The molecule has 0 saturated heterocycles. The third kappa shape index (κ3) is 5.19. The van der Waals surface area contributed by atoms with Crippen LogP contribution in [0.4, 0.5) is 11.4 Å². The number of nitrogens with zero attached hydrogens (tertiary/aromatic N) is 2. The van der Waals surface area contributed by atoms with Crippen LogP contribution in [0.1, 0.15) is 6.92 Å². The van der Waals surface area contributed by atoms with Crippen LogP contribution >= 0.6 is 11.6 Å². The van der Waals surface area contributed by atoms with E-state index >= 15 is 0 Å². The van der Waals surface area contributed by atoms with Crippen molar-refractivity contribution in [1.82, 2.24) is 4.90 Å². The number of carbonyl (C=O) groups is 2. The molecule has 0 radical (unpaired) electrons. The second-order valence-corrected chi connectivity index (χ2v) is 7.41. The van der Waals surface area contributed by atoms with Crippen LogP contribution in [0.25, 0.3) is 0 Å². The number of halogens is 1. The maximum absolute atomic E-state index is 12.5. The second kappa shape index (κ2) is 9.15. The first-order valence-corrected chi connectivity index (χ1v) is 9.67. The number of nitrogens with one attached hydrogen (secondary N) is 1. The van der Waals surface area contributed by atoms with Gasteiger partial charge in [0.05, 0.1) is 10.7 Å². The van der Waals surface area contributed by atoms with Crippen LogP contribution in [-0.4, -0.2) is 56.6 Å². The van der Waals surface area contributed by atoms with Crippen molar-refractivity contribution in [2.75, 3.05) is 44.0 Å². The first-order valence-electron chi connectivity index (χ1n) is 9.29. The summed E-state index contributed by atoms with van der Waals surface area (Å²) in [6.07, 6.45) is -0.584. The van der Waals surface area contributed by atoms with Gasteiger partial charge in [-0.3, -0.25) is 9.59 Å². The largest absolute Gasteiger partial charge is 0.482 e. The van der Waals surface area contributed by atoms with E-state index in [1.54, 1.807) is 54.3 Å². The molecule has 2 aromatic rings. The molecule has 2 aromatic carbocycles. The summed E-state index contributed by atoms with van der Waals surface area (Å²) in [5.41, 5.74) is 1.26. The van der Waals surface area contributed by atoms with Gasteiger partial charge in [-0.2, -0.15) is 0 Å². The number of benzene rings is 2. The molecular weight excluding hydrogens is 394 g/mol. The Morgan fingerprint density at radius 3 is 2.76 bits per heavy atom. The first-order chi connectivity index (χ1) is 13.8. The van der Waals surface area contributed by atoms with Gasteiger partial charge in [0.15, 0.2) is 12.7 Å². The van der Waals surface area contributed by atoms with Gasteiger partial charge in [-0.15, -0.1) is 0 Å². The summed E-state index contributed by atoms with van der Waals surface area (Å²) in [6, 6.07) is 12.2. The maximum Gasteiger partial charge on any atom is 0.267 e. The van der Waals surface area contributed by atoms with E-state index in [1.807, 2.05) is 19.0 Å². The van der Waals surface area contributed by atoms with Gasteiger partial charge in [0, 0.05) is 24.8 Å². The maximum atomic E-state index is 12.5. The zero-order valence-electron chi connectivity index (χ0n) is 16.6. The molecule has 7 nitrogen and oxygen atoms in total. The number of carbonyl (C=O) groups excluding carboxylic acids is 2. The number of fused-ring (bicyclic) bond motifs is 1. The molecule has 1 N–H and O–H groups in total. The molecule has 0 fully saturated rings. The van der Waals surface area contributed by atoms with Crippen LogP contribution in [0.2, 0.25) is 5.02 Å². The van der Waals surface area contributed by atoms with Gasteiger partial charge in [-0.25, -0.2) is 0 Å². The van der Waals surface area contributed by atoms with E-state index in [1.165, 1.54) is 0 Å². The predicted molar refractivity (Wildman–Crippen MR) is 113 cm³/mol. The molecule has 1 unspecified atom stereocenters. The highest BCUT2D eigenvalue weighted by atomic mass is 35.5. The third-order valence-corrected chi connectivity index (χ3v) is 4.73. The number of anilines is 2. The molecule has 29 heavy (non-hydrogen) atoms. The minimum atomic E-state index is -0.584. The smallest absolute Gasteiger partial charge is 0.267 e. The van der Waals surface area contributed by atoms with Crippen LogP contribution in [0.5, 0.6) is 11.5 Å². The van der Waals surface area contributed by atoms with Crippen LogP contribution in [0.15, 0.2) is 42.5 Å². The van der Waals surface area contributed by atoms with E-state index in [0.29, 0.717) is 34.4 Å². The van der Waals surface area contributed by atoms with Crippen LogP contribution in [0.3, 0.4) is 0 Å². The molecule has 154 valence electrons. The van der Waals surface area contributed by atoms with Gasteiger partial charge in [0.25, 0.3) is 11.8 Å². The molecule has 3 rings (SSSR count). The van der Waals surface area contributed by atoms with E-state index in [4.69, 9.17) is 21.1 Å². The number of ether oxygens (including phenoxy) is 2. The molecule has 0 bridgehead atoms. The van der Waals surface area contributed by atoms with Gasteiger partial charge >= 0.3 is 0 Å². The Bertz CT molecular complexity index is 903. The highest BCUT2D eigenvalue weighted by molar-refractivity contribution is 6.32. The summed E-state index contributed by atoms with van der Waals surface area (Å²) in [4.78, 5) is 28.5. The summed E-state index contributed by atoms with van der Waals surface area (Å²) >= 11 is 6.02. The van der Waals surface area contributed by atoms with E-state index in [2.05, 4.69) is 5.32 Å². The predicted octanol–water partition coefficient (Wildman–Crippen LogP) is 3.03. The zero-order valence-corrected chi connectivity index (χ0v) is 17.4. The Kier molecular flexibility index (Phi) is 6.61. The second-order valence-electron chi connectivity index (χ2n) is 7.00. The van der Waals surface area contributed by atoms with Crippen LogP contribution < -0.4 is 19.7 Å². The molecule has 1 heterocycles. The number of likely N-dealkylation sites (N-methyl/N-ethyl adjacent to an activating group) is 1. The average molecular weight is 418 g/mol. The fourth-order valence-electron chi connectivity index (χ4n) is 2.92. The molecule has 0 spiro atoms. The van der Waals surface area contributed by atoms with Gasteiger partial charge in [0.2, 0.25) is 0 Å². The Morgan fingerprint density at radius 1 is 1.28 bits per heavy atom. The minimum absolute atomic E-state index is 0.0794. The number of amides is 2. The van der Waals surface area contributed by atoms with Crippen molar-refractivity contribution >= 4 is 34.8 Å². The third-order valence-electron chi connectivity index (χ3n) is 4.42. The van der Waals surface area contributed by atoms with E-state index in [-0.39, 0.29) is 18.4 Å². The van der Waals surface area contributed by atoms with Gasteiger partial charge in [-0.05, 0) is 45.3 Å². The molecule has 1 aliphatic rings. The monoisotopic (exact) mass is 417 g/mol. The fourth-order valence-corrected chi connectivity index (χ4v) is 3.11. The molecule has 1 aliphatic heterocycles.